The van der Waals surface area contributed by atoms with Crippen molar-refractivity contribution in [2.45, 2.75) is 39.7 Å². The highest BCUT2D eigenvalue weighted by atomic mass is 16.5. The summed E-state index contributed by atoms with van der Waals surface area (Å²) in [5.74, 6) is 2.59. The minimum atomic E-state index is -0.222. The van der Waals surface area contributed by atoms with Gasteiger partial charge < -0.3 is 14.0 Å². The van der Waals surface area contributed by atoms with E-state index in [2.05, 4.69) is 36.6 Å². The number of aromatic nitrogens is 1. The van der Waals surface area contributed by atoms with E-state index in [0.29, 0.717) is 12.5 Å². The maximum Gasteiger partial charge on any atom is 0.192 e. The van der Waals surface area contributed by atoms with Crippen LogP contribution in [0.5, 0.6) is 17.2 Å². The molecule has 0 N–H and O–H groups in total. The molecule has 186 valence electrons. The summed E-state index contributed by atoms with van der Waals surface area (Å²) in [4.78, 5) is 25.0. The summed E-state index contributed by atoms with van der Waals surface area (Å²) in [7, 11) is 0. The van der Waals surface area contributed by atoms with Gasteiger partial charge in [0.1, 0.15) is 17.2 Å². The maximum absolute atomic E-state index is 12.9. The maximum atomic E-state index is 12.9. The molecule has 5 heteroatoms. The first-order chi connectivity index (χ1) is 17.9. The number of nitrogens with zero attached hydrogens (tertiary/aromatic N) is 1. The first-order valence-corrected chi connectivity index (χ1v) is 12.8. The molecule has 1 atom stereocenters. The minimum absolute atomic E-state index is 0.149. The van der Waals surface area contributed by atoms with Crippen molar-refractivity contribution in [3.05, 3.63) is 99.8 Å². The van der Waals surface area contributed by atoms with E-state index >= 15 is 0 Å². The number of carbonyl (C=O) groups is 1. The van der Waals surface area contributed by atoms with Crippen molar-refractivity contribution in [2.75, 3.05) is 6.61 Å². The van der Waals surface area contributed by atoms with Crippen molar-refractivity contribution in [3.8, 4) is 39.6 Å². The van der Waals surface area contributed by atoms with E-state index < -0.39 is 0 Å². The molecule has 0 saturated carbocycles. The van der Waals surface area contributed by atoms with Crippen molar-refractivity contribution < 1.29 is 14.3 Å². The summed E-state index contributed by atoms with van der Waals surface area (Å²) in [6.07, 6.45) is 3.39. The molecule has 1 unspecified atom stereocenters. The van der Waals surface area contributed by atoms with Crippen molar-refractivity contribution in [1.82, 2.24) is 4.57 Å². The number of carbonyl (C=O) groups excluding carboxylic acids is 1. The van der Waals surface area contributed by atoms with Crippen LogP contribution in [-0.4, -0.2) is 17.0 Å². The Labute approximate surface area is 216 Å². The van der Waals surface area contributed by atoms with Crippen molar-refractivity contribution in [1.29, 1.82) is 0 Å². The van der Waals surface area contributed by atoms with Crippen LogP contribution in [0, 0.1) is 5.92 Å². The van der Waals surface area contributed by atoms with Crippen LogP contribution in [0.1, 0.15) is 48.3 Å². The second-order valence-corrected chi connectivity index (χ2v) is 10.2. The number of rotatable bonds is 5. The third-order valence-electron chi connectivity index (χ3n) is 7.47. The molecule has 0 radical (unpaired) electrons. The minimum Gasteiger partial charge on any atom is -0.492 e. The van der Waals surface area contributed by atoms with E-state index in [1.165, 1.54) is 12.5 Å². The molecule has 2 aliphatic rings. The van der Waals surface area contributed by atoms with Crippen LogP contribution >= 0.6 is 0 Å². The summed E-state index contributed by atoms with van der Waals surface area (Å²) >= 11 is 0. The molecule has 0 fully saturated rings. The molecule has 37 heavy (non-hydrogen) atoms. The Hall–Kier alpha value is -4.12. The Morgan fingerprint density at radius 3 is 2.46 bits per heavy atom. The zero-order valence-corrected chi connectivity index (χ0v) is 21.3. The molecule has 4 aromatic rings. The van der Waals surface area contributed by atoms with E-state index in [1.54, 1.807) is 12.3 Å². The zero-order chi connectivity index (χ0) is 25.7. The predicted molar refractivity (Wildman–Crippen MR) is 145 cm³/mol. The lowest BCUT2D eigenvalue weighted by Crippen LogP contribution is -2.28. The van der Waals surface area contributed by atoms with Crippen LogP contribution in [0.25, 0.3) is 22.4 Å². The van der Waals surface area contributed by atoms with Gasteiger partial charge in [-0.3, -0.25) is 9.59 Å². The van der Waals surface area contributed by atoms with Crippen LogP contribution in [-0.2, 0) is 12.8 Å². The molecule has 5 nitrogen and oxygen atoms in total. The van der Waals surface area contributed by atoms with Crippen molar-refractivity contribution in [3.63, 3.8) is 0 Å². The summed E-state index contributed by atoms with van der Waals surface area (Å²) in [5.41, 5.74) is 6.49. The van der Waals surface area contributed by atoms with E-state index in [0.717, 1.165) is 58.0 Å². The van der Waals surface area contributed by atoms with Gasteiger partial charge in [0.2, 0.25) is 0 Å². The van der Waals surface area contributed by atoms with Gasteiger partial charge >= 0.3 is 0 Å². The molecule has 0 aliphatic carbocycles. The molecule has 0 bridgehead atoms. The largest absolute Gasteiger partial charge is 0.492 e. The SMILES string of the molecule is CC(=O)c1cn2c(cc1=O)-c1c(cc(-c3ccc(Oc4ccccc4)cc3)c3c1CCO3)CC2C(C)C. The fraction of sp³-hybridized carbons (Fsp3) is 0.250. The van der Waals surface area contributed by atoms with E-state index in [9.17, 15) is 9.59 Å². The Kier molecular flexibility index (Phi) is 5.71. The zero-order valence-electron chi connectivity index (χ0n) is 21.3. The summed E-state index contributed by atoms with van der Waals surface area (Å²) in [6, 6.07) is 21.9. The van der Waals surface area contributed by atoms with Gasteiger partial charge in [0.25, 0.3) is 0 Å². The number of Topliss-reactive ketones (excluding diaryl/α,β-unsaturated/α-hetero) is 1. The van der Waals surface area contributed by atoms with Gasteiger partial charge in [-0.05, 0) is 60.7 Å². The van der Waals surface area contributed by atoms with Crippen LogP contribution in [0.15, 0.2) is 77.7 Å². The second-order valence-electron chi connectivity index (χ2n) is 10.2. The van der Waals surface area contributed by atoms with Crippen molar-refractivity contribution in [2.24, 2.45) is 5.92 Å². The molecule has 0 saturated heterocycles. The van der Waals surface area contributed by atoms with Gasteiger partial charge in [0, 0.05) is 41.4 Å². The molecule has 3 aromatic carbocycles. The number of para-hydroxylation sites is 1. The van der Waals surface area contributed by atoms with Crippen LogP contribution in [0.4, 0.5) is 0 Å². The average molecular weight is 492 g/mol. The molecular weight excluding hydrogens is 462 g/mol. The number of benzene rings is 3. The van der Waals surface area contributed by atoms with Crippen LogP contribution in [0.3, 0.4) is 0 Å². The third kappa shape index (κ3) is 4.05. The standard InChI is InChI=1S/C32H29NO4/c1-19(2)28-16-22-15-26(21-9-11-24(12-10-21)37-23-7-5-4-6-8-23)32-25(13-14-36-32)31(22)29-17-30(35)27(20(3)34)18-33(28)29/h4-12,15,17-19,28H,13-14,16H2,1-3H3. The predicted octanol–water partition coefficient (Wildman–Crippen LogP) is 6.87. The molecule has 3 heterocycles. The summed E-state index contributed by atoms with van der Waals surface area (Å²) in [5, 5.41) is 0. The number of fused-ring (bicyclic) bond motifs is 5. The molecule has 1 aromatic heterocycles. The van der Waals surface area contributed by atoms with E-state index in [4.69, 9.17) is 9.47 Å². The second kappa shape index (κ2) is 9.07. The van der Waals surface area contributed by atoms with Gasteiger partial charge in [0.05, 0.1) is 17.9 Å². The van der Waals surface area contributed by atoms with Gasteiger partial charge in [-0.25, -0.2) is 0 Å². The Morgan fingerprint density at radius 1 is 1.03 bits per heavy atom. The Bertz CT molecular complexity index is 1570. The van der Waals surface area contributed by atoms with Gasteiger partial charge in [-0.2, -0.15) is 0 Å². The van der Waals surface area contributed by atoms with Gasteiger partial charge in [-0.1, -0.05) is 44.2 Å². The third-order valence-corrected chi connectivity index (χ3v) is 7.47. The molecular formula is C32H29NO4. The molecule has 0 spiro atoms. The monoisotopic (exact) mass is 491 g/mol. The number of pyridine rings is 1. The fourth-order valence-electron chi connectivity index (χ4n) is 5.63. The van der Waals surface area contributed by atoms with Gasteiger partial charge in [0.15, 0.2) is 11.2 Å². The normalized spacial score (nSPS) is 15.5. The number of ketones is 1. The highest BCUT2D eigenvalue weighted by Gasteiger charge is 2.33. The summed E-state index contributed by atoms with van der Waals surface area (Å²) < 4.78 is 14.3. The lowest BCUT2D eigenvalue weighted by molar-refractivity contribution is 0.101. The molecule has 0 amide bonds. The smallest absolute Gasteiger partial charge is 0.192 e. The quantitative estimate of drug-likeness (QED) is 0.286. The lowest BCUT2D eigenvalue weighted by atomic mass is 9.82. The number of ether oxygens (including phenoxy) is 2. The van der Waals surface area contributed by atoms with Crippen LogP contribution in [0.2, 0.25) is 0 Å². The fourth-order valence-corrected chi connectivity index (χ4v) is 5.63. The van der Waals surface area contributed by atoms with Crippen molar-refractivity contribution >= 4 is 5.78 Å². The Balaban J connectivity index is 1.47. The van der Waals surface area contributed by atoms with E-state index in [1.807, 2.05) is 42.5 Å². The molecule has 2 aliphatic heterocycles. The number of hydrogen-bond donors (Lipinski definition) is 0. The highest BCUT2D eigenvalue weighted by molar-refractivity contribution is 5.94. The highest BCUT2D eigenvalue weighted by Crippen LogP contribution is 2.48. The first-order valence-electron chi connectivity index (χ1n) is 12.8. The molecule has 6 rings (SSSR count). The average Bonchev–Trinajstić information content (AvgIpc) is 3.38. The Morgan fingerprint density at radius 2 is 1.76 bits per heavy atom. The van der Waals surface area contributed by atoms with Gasteiger partial charge in [-0.15, -0.1) is 0 Å². The first kappa shape index (κ1) is 23.3. The number of hydrogen-bond acceptors (Lipinski definition) is 4. The van der Waals surface area contributed by atoms with E-state index in [-0.39, 0.29) is 22.8 Å². The summed E-state index contributed by atoms with van der Waals surface area (Å²) in [6.45, 7) is 6.44. The topological polar surface area (TPSA) is 57.5 Å². The lowest BCUT2D eigenvalue weighted by Gasteiger charge is -2.34. The van der Waals surface area contributed by atoms with Crippen LogP contribution < -0.4 is 14.9 Å².